The van der Waals surface area contributed by atoms with E-state index in [1.54, 1.807) is 36.0 Å². The van der Waals surface area contributed by atoms with Gasteiger partial charge in [-0.15, -0.1) is 0 Å². The van der Waals surface area contributed by atoms with Crippen LogP contribution in [-0.4, -0.2) is 31.7 Å². The molecule has 1 N–H and O–H groups in total. The topological polar surface area (TPSA) is 90.5 Å². The molecule has 0 saturated heterocycles. The van der Waals surface area contributed by atoms with Crippen molar-refractivity contribution in [1.29, 1.82) is 0 Å². The van der Waals surface area contributed by atoms with Crippen LogP contribution in [0.5, 0.6) is 5.75 Å². The van der Waals surface area contributed by atoms with Gasteiger partial charge < -0.3 is 10.1 Å². The summed E-state index contributed by atoms with van der Waals surface area (Å²) in [5.41, 5.74) is 4.85. The van der Waals surface area contributed by atoms with Gasteiger partial charge in [0, 0.05) is 22.6 Å². The molecule has 37 heavy (non-hydrogen) atoms. The van der Waals surface area contributed by atoms with E-state index in [1.807, 2.05) is 62.4 Å². The van der Waals surface area contributed by atoms with Crippen LogP contribution in [0.15, 0.2) is 77.7 Å². The van der Waals surface area contributed by atoms with Gasteiger partial charge in [0.25, 0.3) is 11.5 Å². The maximum atomic E-state index is 13.5. The smallest absolute Gasteiger partial charge is 0.267 e. The molecule has 8 nitrogen and oxygen atoms in total. The Morgan fingerprint density at radius 3 is 2.57 bits per heavy atom. The molecule has 3 aromatic heterocycles. The molecule has 0 atom stereocenters. The number of aryl methyl sites for hydroxylation is 3. The molecule has 0 aliphatic rings. The third kappa shape index (κ3) is 4.96. The zero-order valence-corrected chi connectivity index (χ0v) is 21.3. The number of carbonyl (C=O) groups excluding carboxylic acids is 1. The van der Waals surface area contributed by atoms with E-state index in [-0.39, 0.29) is 18.1 Å². The summed E-state index contributed by atoms with van der Waals surface area (Å²) in [4.78, 5) is 30.6. The van der Waals surface area contributed by atoms with Crippen LogP contribution in [0.2, 0.25) is 5.02 Å². The molecule has 1 amide bonds. The molecule has 5 aromatic rings. The quantitative estimate of drug-likeness (QED) is 0.339. The Hall–Kier alpha value is -4.43. The van der Waals surface area contributed by atoms with Crippen LogP contribution in [0, 0.1) is 20.8 Å². The van der Waals surface area contributed by atoms with E-state index in [0.29, 0.717) is 39.1 Å². The van der Waals surface area contributed by atoms with Gasteiger partial charge in [0.05, 0.1) is 16.9 Å². The number of nitrogens with zero attached hydrogens (tertiary/aromatic N) is 4. The van der Waals surface area contributed by atoms with Crippen LogP contribution in [0.1, 0.15) is 17.0 Å². The average molecular weight is 514 g/mol. The van der Waals surface area contributed by atoms with Gasteiger partial charge in [-0.2, -0.15) is 5.10 Å². The number of rotatable bonds is 6. The second-order valence-electron chi connectivity index (χ2n) is 8.71. The first kappa shape index (κ1) is 24.3. The first-order chi connectivity index (χ1) is 17.8. The summed E-state index contributed by atoms with van der Waals surface area (Å²) >= 11 is 6.15. The summed E-state index contributed by atoms with van der Waals surface area (Å²) < 4.78 is 8.90. The number of hydrogen-bond acceptors (Lipinski definition) is 5. The maximum absolute atomic E-state index is 13.5. The number of amides is 1. The van der Waals surface area contributed by atoms with E-state index >= 15 is 0 Å². The van der Waals surface area contributed by atoms with Crippen molar-refractivity contribution in [2.45, 2.75) is 20.8 Å². The fourth-order valence-corrected chi connectivity index (χ4v) is 4.28. The van der Waals surface area contributed by atoms with Crippen LogP contribution in [-0.2, 0) is 4.79 Å². The summed E-state index contributed by atoms with van der Waals surface area (Å²) in [7, 11) is 0. The first-order valence-electron chi connectivity index (χ1n) is 11.6. The number of carbonyl (C=O) groups is 1. The van der Waals surface area contributed by atoms with Crippen molar-refractivity contribution in [3.63, 3.8) is 0 Å². The SMILES string of the molecule is Cc1ccc(NC(=O)COc2cccn3c(=O)c(-c4cc(C)n(-c5cccc(Cl)c5)n4)c(C)nc23)cc1. The van der Waals surface area contributed by atoms with E-state index in [0.717, 1.165) is 16.9 Å². The minimum Gasteiger partial charge on any atom is -0.480 e. The predicted octanol–water partition coefficient (Wildman–Crippen LogP) is 5.14. The van der Waals surface area contributed by atoms with E-state index in [9.17, 15) is 9.59 Å². The van der Waals surface area contributed by atoms with Gasteiger partial charge in [0.1, 0.15) is 5.69 Å². The number of anilines is 1. The lowest BCUT2D eigenvalue weighted by Crippen LogP contribution is -2.22. The lowest BCUT2D eigenvalue weighted by Gasteiger charge is -2.12. The normalized spacial score (nSPS) is 11.0. The number of ether oxygens (including phenoxy) is 1. The van der Waals surface area contributed by atoms with Crippen LogP contribution in [0.4, 0.5) is 5.69 Å². The number of hydrogen-bond donors (Lipinski definition) is 1. The van der Waals surface area contributed by atoms with Gasteiger partial charge in [-0.05, 0) is 69.3 Å². The Bertz CT molecular complexity index is 1690. The van der Waals surface area contributed by atoms with Crippen molar-refractivity contribution in [2.75, 3.05) is 11.9 Å². The molecule has 0 fully saturated rings. The third-order valence-corrected chi connectivity index (χ3v) is 6.12. The van der Waals surface area contributed by atoms with Crippen molar-refractivity contribution < 1.29 is 9.53 Å². The molecule has 186 valence electrons. The number of nitrogens with one attached hydrogen (secondary N) is 1. The molecular formula is C28H24ClN5O3. The van der Waals surface area contributed by atoms with Crippen LogP contribution in [0.3, 0.4) is 0 Å². The molecule has 9 heteroatoms. The van der Waals surface area contributed by atoms with Gasteiger partial charge in [-0.1, -0.05) is 35.4 Å². The Morgan fingerprint density at radius 1 is 1.03 bits per heavy atom. The molecule has 0 unspecified atom stereocenters. The summed E-state index contributed by atoms with van der Waals surface area (Å²) in [5, 5.41) is 8.06. The Balaban J connectivity index is 1.44. The van der Waals surface area contributed by atoms with Gasteiger partial charge in [0.2, 0.25) is 0 Å². The fourth-order valence-electron chi connectivity index (χ4n) is 4.09. The lowest BCUT2D eigenvalue weighted by molar-refractivity contribution is -0.118. The van der Waals surface area contributed by atoms with Gasteiger partial charge >= 0.3 is 0 Å². The second kappa shape index (κ2) is 9.91. The van der Waals surface area contributed by atoms with Crippen molar-refractivity contribution >= 4 is 28.8 Å². The summed E-state index contributed by atoms with van der Waals surface area (Å²) in [5.74, 6) is 0.0116. The standard InChI is InChI=1S/C28H24ClN5O3/c1-17-9-11-21(12-10-17)31-25(35)16-37-24-8-5-13-33-27(24)30-19(3)26(28(33)36)23-14-18(2)34(32-23)22-7-4-6-20(29)15-22/h4-15H,16H2,1-3H3,(H,31,35). The van der Waals surface area contributed by atoms with Crippen LogP contribution >= 0.6 is 11.6 Å². The zero-order chi connectivity index (χ0) is 26.1. The Kier molecular flexibility index (Phi) is 6.50. The van der Waals surface area contributed by atoms with Crippen molar-refractivity contribution in [2.24, 2.45) is 0 Å². The summed E-state index contributed by atoms with van der Waals surface area (Å²) in [6, 6.07) is 20.0. The minimum absolute atomic E-state index is 0.229. The minimum atomic E-state index is -0.316. The highest BCUT2D eigenvalue weighted by molar-refractivity contribution is 6.30. The number of pyridine rings is 1. The Morgan fingerprint density at radius 2 is 1.81 bits per heavy atom. The summed E-state index contributed by atoms with van der Waals surface area (Å²) in [6.07, 6.45) is 1.62. The van der Waals surface area contributed by atoms with Crippen molar-refractivity contribution in [1.82, 2.24) is 19.2 Å². The highest BCUT2D eigenvalue weighted by Gasteiger charge is 2.19. The largest absolute Gasteiger partial charge is 0.480 e. The molecule has 2 aromatic carbocycles. The molecule has 0 spiro atoms. The highest BCUT2D eigenvalue weighted by Crippen LogP contribution is 2.25. The van der Waals surface area contributed by atoms with Crippen LogP contribution < -0.4 is 15.6 Å². The van der Waals surface area contributed by atoms with Gasteiger partial charge in [0.15, 0.2) is 18.0 Å². The lowest BCUT2D eigenvalue weighted by atomic mass is 10.1. The highest BCUT2D eigenvalue weighted by atomic mass is 35.5. The monoisotopic (exact) mass is 513 g/mol. The van der Waals surface area contributed by atoms with Crippen LogP contribution in [0.25, 0.3) is 22.6 Å². The molecule has 5 rings (SSSR count). The van der Waals surface area contributed by atoms with Crippen molar-refractivity contribution in [3.05, 3.63) is 105 Å². The average Bonchev–Trinajstić information content (AvgIpc) is 3.25. The number of halogens is 1. The van der Waals surface area contributed by atoms with Crippen molar-refractivity contribution in [3.8, 4) is 22.7 Å². The van der Waals surface area contributed by atoms with Gasteiger partial charge in [-0.25, -0.2) is 9.67 Å². The number of aromatic nitrogens is 4. The van der Waals surface area contributed by atoms with E-state index < -0.39 is 0 Å². The Labute approximate surface area is 218 Å². The second-order valence-corrected chi connectivity index (χ2v) is 9.15. The molecule has 0 aliphatic carbocycles. The fraction of sp³-hybridized carbons (Fsp3) is 0.143. The molecule has 0 aliphatic heterocycles. The van der Waals surface area contributed by atoms with E-state index in [4.69, 9.17) is 16.3 Å². The van der Waals surface area contributed by atoms with Gasteiger partial charge in [-0.3, -0.25) is 14.0 Å². The molecule has 3 heterocycles. The predicted molar refractivity (Wildman–Crippen MR) is 144 cm³/mol. The zero-order valence-electron chi connectivity index (χ0n) is 20.5. The van der Waals surface area contributed by atoms with E-state index in [2.05, 4.69) is 15.4 Å². The molecule has 0 saturated carbocycles. The maximum Gasteiger partial charge on any atom is 0.267 e. The van der Waals surface area contributed by atoms with E-state index in [1.165, 1.54) is 4.40 Å². The first-order valence-corrected chi connectivity index (χ1v) is 12.0. The number of fused-ring (bicyclic) bond motifs is 1. The number of benzene rings is 2. The molecule has 0 radical (unpaired) electrons. The third-order valence-electron chi connectivity index (χ3n) is 5.89. The summed E-state index contributed by atoms with van der Waals surface area (Å²) in [6.45, 7) is 5.41. The molecule has 0 bridgehead atoms. The molecular weight excluding hydrogens is 490 g/mol.